The molecule has 19 heavy (non-hydrogen) atoms. The molecule has 3 heteroatoms. The van der Waals surface area contributed by atoms with E-state index in [0.29, 0.717) is 0 Å². The monoisotopic (exact) mass is 257 g/mol. The summed E-state index contributed by atoms with van der Waals surface area (Å²) in [4.78, 5) is 2.36. The first-order valence-corrected chi connectivity index (χ1v) is 7.23. The molecule has 0 aliphatic carbocycles. The van der Waals surface area contributed by atoms with Crippen LogP contribution in [0, 0.1) is 17.2 Å². The van der Waals surface area contributed by atoms with Gasteiger partial charge in [0.2, 0.25) is 0 Å². The van der Waals surface area contributed by atoms with E-state index < -0.39 is 0 Å². The van der Waals surface area contributed by atoms with Crippen molar-refractivity contribution in [3.05, 3.63) is 29.3 Å². The van der Waals surface area contributed by atoms with Gasteiger partial charge in [-0.25, -0.2) is 0 Å². The SMILES string of the molecule is CCNCc1ccc(N2CCC(C)CC2)c(C#N)c1. The van der Waals surface area contributed by atoms with Crippen molar-refractivity contribution in [3.63, 3.8) is 0 Å². The summed E-state index contributed by atoms with van der Waals surface area (Å²) in [6.45, 7) is 8.33. The molecule has 0 spiro atoms. The van der Waals surface area contributed by atoms with E-state index in [1.165, 1.54) is 18.4 Å². The van der Waals surface area contributed by atoms with Gasteiger partial charge in [-0.1, -0.05) is 19.9 Å². The minimum atomic E-state index is 0.810. The van der Waals surface area contributed by atoms with Gasteiger partial charge in [-0.05, 0) is 43.0 Å². The molecule has 0 amide bonds. The summed E-state index contributed by atoms with van der Waals surface area (Å²) in [6.07, 6.45) is 2.45. The van der Waals surface area contributed by atoms with Crippen LogP contribution in [-0.4, -0.2) is 19.6 Å². The zero-order chi connectivity index (χ0) is 13.7. The first kappa shape index (κ1) is 13.9. The van der Waals surface area contributed by atoms with Gasteiger partial charge in [-0.2, -0.15) is 5.26 Å². The van der Waals surface area contributed by atoms with E-state index in [1.807, 2.05) is 6.07 Å². The van der Waals surface area contributed by atoms with E-state index in [0.717, 1.165) is 43.3 Å². The molecule has 0 unspecified atom stereocenters. The zero-order valence-corrected chi connectivity index (χ0v) is 11.9. The summed E-state index contributed by atoms with van der Waals surface area (Å²) < 4.78 is 0. The standard InChI is InChI=1S/C16H23N3/c1-3-18-12-14-4-5-16(15(10-14)11-17)19-8-6-13(2)7-9-19/h4-5,10,13,18H,3,6-9,12H2,1-2H3. The topological polar surface area (TPSA) is 39.1 Å². The Labute approximate surface area is 116 Å². The molecule has 0 aromatic heterocycles. The zero-order valence-electron chi connectivity index (χ0n) is 11.9. The number of benzene rings is 1. The van der Waals surface area contributed by atoms with Crippen molar-refractivity contribution in [3.8, 4) is 6.07 Å². The Morgan fingerprint density at radius 3 is 2.74 bits per heavy atom. The minimum Gasteiger partial charge on any atom is -0.370 e. The van der Waals surface area contributed by atoms with Gasteiger partial charge in [0.1, 0.15) is 6.07 Å². The van der Waals surface area contributed by atoms with Crippen LogP contribution in [0.15, 0.2) is 18.2 Å². The molecule has 1 saturated heterocycles. The van der Waals surface area contributed by atoms with Gasteiger partial charge in [0.05, 0.1) is 11.3 Å². The summed E-state index contributed by atoms with van der Waals surface area (Å²) in [5, 5.41) is 12.7. The number of piperidine rings is 1. The van der Waals surface area contributed by atoms with Crippen LogP contribution in [0.4, 0.5) is 5.69 Å². The molecular formula is C16H23N3. The second-order valence-electron chi connectivity index (χ2n) is 5.41. The second kappa shape index (κ2) is 6.58. The van der Waals surface area contributed by atoms with Gasteiger partial charge in [0, 0.05) is 19.6 Å². The molecule has 0 saturated carbocycles. The molecule has 102 valence electrons. The van der Waals surface area contributed by atoms with Crippen molar-refractivity contribution < 1.29 is 0 Å². The lowest BCUT2D eigenvalue weighted by Gasteiger charge is -2.32. The molecule has 0 bridgehead atoms. The van der Waals surface area contributed by atoms with Crippen molar-refractivity contribution in [2.24, 2.45) is 5.92 Å². The van der Waals surface area contributed by atoms with E-state index in [4.69, 9.17) is 0 Å². The fourth-order valence-electron chi connectivity index (χ4n) is 2.58. The number of nitriles is 1. The lowest BCUT2D eigenvalue weighted by atomic mass is 9.97. The van der Waals surface area contributed by atoms with Crippen molar-refractivity contribution in [2.75, 3.05) is 24.5 Å². The molecule has 3 nitrogen and oxygen atoms in total. The van der Waals surface area contributed by atoms with E-state index in [1.54, 1.807) is 0 Å². The fourth-order valence-corrected chi connectivity index (χ4v) is 2.58. The molecule has 1 aliphatic heterocycles. The number of rotatable bonds is 4. The van der Waals surface area contributed by atoms with Crippen LogP contribution in [-0.2, 0) is 6.54 Å². The molecule has 0 atom stereocenters. The second-order valence-corrected chi connectivity index (χ2v) is 5.41. The first-order valence-electron chi connectivity index (χ1n) is 7.23. The molecule has 1 fully saturated rings. The molecular weight excluding hydrogens is 234 g/mol. The Morgan fingerprint density at radius 1 is 1.37 bits per heavy atom. The number of nitrogens with one attached hydrogen (secondary N) is 1. The Bertz CT molecular complexity index is 454. The van der Waals surface area contributed by atoms with Gasteiger partial charge in [-0.15, -0.1) is 0 Å². The van der Waals surface area contributed by atoms with Crippen LogP contribution in [0.25, 0.3) is 0 Å². The third kappa shape index (κ3) is 3.48. The summed E-state index contributed by atoms with van der Waals surface area (Å²) in [5.74, 6) is 0.815. The lowest BCUT2D eigenvalue weighted by molar-refractivity contribution is 0.438. The molecule has 0 radical (unpaired) electrons. The van der Waals surface area contributed by atoms with E-state index >= 15 is 0 Å². The van der Waals surface area contributed by atoms with Crippen molar-refractivity contribution in [1.82, 2.24) is 5.32 Å². The van der Waals surface area contributed by atoms with Crippen molar-refractivity contribution in [2.45, 2.75) is 33.2 Å². The predicted molar refractivity (Wildman–Crippen MR) is 79.1 cm³/mol. The Kier molecular flexibility index (Phi) is 4.81. The third-order valence-corrected chi connectivity index (χ3v) is 3.88. The summed E-state index contributed by atoms with van der Waals surface area (Å²) >= 11 is 0. The van der Waals surface area contributed by atoms with Crippen LogP contribution in [0.3, 0.4) is 0 Å². The van der Waals surface area contributed by atoms with E-state index in [9.17, 15) is 5.26 Å². The highest BCUT2D eigenvalue weighted by molar-refractivity contribution is 5.60. The normalized spacial score (nSPS) is 16.4. The van der Waals surface area contributed by atoms with Crippen LogP contribution in [0.2, 0.25) is 0 Å². The van der Waals surface area contributed by atoms with Gasteiger partial charge < -0.3 is 10.2 Å². The Hall–Kier alpha value is -1.53. The molecule has 1 aromatic rings. The summed E-state index contributed by atoms with van der Waals surface area (Å²) in [7, 11) is 0. The molecule has 1 aromatic carbocycles. The quantitative estimate of drug-likeness (QED) is 0.901. The van der Waals surface area contributed by atoms with Gasteiger partial charge in [-0.3, -0.25) is 0 Å². The van der Waals surface area contributed by atoms with Gasteiger partial charge in [0.15, 0.2) is 0 Å². The maximum absolute atomic E-state index is 9.35. The number of hydrogen-bond donors (Lipinski definition) is 1. The minimum absolute atomic E-state index is 0.810. The number of nitrogens with zero attached hydrogens (tertiary/aromatic N) is 2. The molecule has 1 aliphatic rings. The highest BCUT2D eigenvalue weighted by atomic mass is 15.1. The lowest BCUT2D eigenvalue weighted by Crippen LogP contribution is -2.33. The fraction of sp³-hybridized carbons (Fsp3) is 0.562. The average Bonchev–Trinajstić information content (AvgIpc) is 2.46. The maximum atomic E-state index is 9.35. The first-order chi connectivity index (χ1) is 9.24. The van der Waals surface area contributed by atoms with Crippen LogP contribution < -0.4 is 10.2 Å². The largest absolute Gasteiger partial charge is 0.370 e. The molecule has 1 heterocycles. The van der Waals surface area contributed by atoms with Gasteiger partial charge >= 0.3 is 0 Å². The predicted octanol–water partition coefficient (Wildman–Crippen LogP) is 2.90. The van der Waals surface area contributed by atoms with Crippen molar-refractivity contribution >= 4 is 5.69 Å². The smallest absolute Gasteiger partial charge is 0.101 e. The van der Waals surface area contributed by atoms with Gasteiger partial charge in [0.25, 0.3) is 0 Å². The highest BCUT2D eigenvalue weighted by Crippen LogP contribution is 2.26. The van der Waals surface area contributed by atoms with Crippen LogP contribution >= 0.6 is 0 Å². The maximum Gasteiger partial charge on any atom is 0.101 e. The number of anilines is 1. The summed E-state index contributed by atoms with van der Waals surface area (Å²) in [5.41, 5.74) is 3.10. The molecule has 2 rings (SSSR count). The Morgan fingerprint density at radius 2 is 2.11 bits per heavy atom. The molecule has 1 N–H and O–H groups in total. The highest BCUT2D eigenvalue weighted by Gasteiger charge is 2.18. The Balaban J connectivity index is 2.14. The third-order valence-electron chi connectivity index (χ3n) is 3.88. The van der Waals surface area contributed by atoms with Crippen molar-refractivity contribution in [1.29, 1.82) is 5.26 Å². The van der Waals surface area contributed by atoms with E-state index in [-0.39, 0.29) is 0 Å². The average molecular weight is 257 g/mol. The van der Waals surface area contributed by atoms with Crippen LogP contribution in [0.1, 0.15) is 37.8 Å². The summed E-state index contributed by atoms with van der Waals surface area (Å²) in [6, 6.07) is 8.62. The van der Waals surface area contributed by atoms with E-state index in [2.05, 4.69) is 42.3 Å². The number of hydrogen-bond acceptors (Lipinski definition) is 3. The van der Waals surface area contributed by atoms with Crippen LogP contribution in [0.5, 0.6) is 0 Å².